The predicted molar refractivity (Wildman–Crippen MR) is 96.3 cm³/mol. The van der Waals surface area contributed by atoms with E-state index in [1.165, 1.54) is 44.6 Å². The molecule has 1 saturated heterocycles. The summed E-state index contributed by atoms with van der Waals surface area (Å²) in [6.07, 6.45) is 2.52. The third-order valence-corrected chi connectivity index (χ3v) is 5.39. The zero-order valence-electron chi connectivity index (χ0n) is 14.9. The van der Waals surface area contributed by atoms with Gasteiger partial charge in [0.05, 0.1) is 0 Å². The molecule has 1 N–H and O–H groups in total. The van der Waals surface area contributed by atoms with Gasteiger partial charge in [-0.3, -0.25) is 0 Å². The summed E-state index contributed by atoms with van der Waals surface area (Å²) < 4.78 is 0. The molecule has 2 rings (SSSR count). The van der Waals surface area contributed by atoms with Crippen molar-refractivity contribution in [3.05, 3.63) is 35.9 Å². The minimum atomic E-state index is 0.241. The molecular weight excluding hydrogens is 268 g/mol. The van der Waals surface area contributed by atoms with Crippen LogP contribution < -0.4 is 5.32 Å². The summed E-state index contributed by atoms with van der Waals surface area (Å²) in [4.78, 5) is 2.52. The van der Waals surface area contributed by atoms with Crippen LogP contribution in [0.3, 0.4) is 0 Å². The molecule has 22 heavy (non-hydrogen) atoms. The molecule has 2 heteroatoms. The van der Waals surface area contributed by atoms with E-state index in [1.54, 1.807) is 0 Å². The molecule has 0 aliphatic carbocycles. The van der Waals surface area contributed by atoms with Crippen LogP contribution in [0, 0.1) is 11.8 Å². The van der Waals surface area contributed by atoms with Gasteiger partial charge < -0.3 is 10.2 Å². The van der Waals surface area contributed by atoms with E-state index < -0.39 is 0 Å². The van der Waals surface area contributed by atoms with Crippen LogP contribution in [0.25, 0.3) is 0 Å². The van der Waals surface area contributed by atoms with Gasteiger partial charge in [0.2, 0.25) is 0 Å². The van der Waals surface area contributed by atoms with Gasteiger partial charge in [0.15, 0.2) is 0 Å². The molecule has 1 fully saturated rings. The third-order valence-electron chi connectivity index (χ3n) is 5.39. The first-order chi connectivity index (χ1) is 10.6. The topological polar surface area (TPSA) is 15.3 Å². The molecule has 124 valence electrons. The van der Waals surface area contributed by atoms with Crippen molar-refractivity contribution < 1.29 is 0 Å². The summed E-state index contributed by atoms with van der Waals surface area (Å²) in [5.74, 6) is 1.62. The van der Waals surface area contributed by atoms with Crippen molar-refractivity contribution in [2.75, 3.05) is 32.7 Å². The summed E-state index contributed by atoms with van der Waals surface area (Å²) in [6.45, 7) is 15.4. The smallest absolute Gasteiger partial charge is 0.00520 e. The van der Waals surface area contributed by atoms with E-state index >= 15 is 0 Å². The fourth-order valence-corrected chi connectivity index (χ4v) is 3.66. The molecule has 0 aromatic heterocycles. The van der Waals surface area contributed by atoms with Gasteiger partial charge in [-0.15, -0.1) is 0 Å². The standard InChI is InChI=1S/C20H34N2/c1-5-17(3)12-20(4,19-10-8-7-9-11-19)16-21-13-18-14-22(6-2)15-18/h7-11,17-18,21H,5-6,12-16H2,1-4H3/t17-,20?/m1/s1. The minimum Gasteiger partial charge on any atom is -0.315 e. The molecule has 0 saturated carbocycles. The maximum absolute atomic E-state index is 3.77. The van der Waals surface area contributed by atoms with Crippen LogP contribution in [-0.4, -0.2) is 37.6 Å². The molecule has 2 atom stereocenters. The summed E-state index contributed by atoms with van der Waals surface area (Å²) in [5, 5.41) is 3.77. The number of nitrogens with one attached hydrogen (secondary N) is 1. The number of likely N-dealkylation sites (tertiary alicyclic amines) is 1. The number of rotatable bonds is 9. The Kier molecular flexibility index (Phi) is 6.46. The molecule has 0 radical (unpaired) electrons. The largest absolute Gasteiger partial charge is 0.315 e. The van der Waals surface area contributed by atoms with Gasteiger partial charge in [-0.05, 0) is 30.4 Å². The Bertz CT molecular complexity index is 425. The van der Waals surface area contributed by atoms with Gasteiger partial charge in [0.1, 0.15) is 0 Å². The Balaban J connectivity index is 1.90. The first-order valence-electron chi connectivity index (χ1n) is 9.06. The maximum atomic E-state index is 3.77. The fraction of sp³-hybridized carbons (Fsp3) is 0.700. The highest BCUT2D eigenvalue weighted by atomic mass is 15.2. The second-order valence-corrected chi connectivity index (χ2v) is 7.49. The molecule has 1 aliphatic rings. The summed E-state index contributed by atoms with van der Waals surface area (Å²) in [5.41, 5.74) is 1.72. The average Bonchev–Trinajstić information content (AvgIpc) is 2.50. The highest BCUT2D eigenvalue weighted by Gasteiger charge is 2.29. The Morgan fingerprint density at radius 1 is 1.23 bits per heavy atom. The SMILES string of the molecule is CC[C@@H](C)CC(C)(CNCC1CN(CC)C1)c1ccccc1. The molecule has 1 aliphatic heterocycles. The van der Waals surface area contributed by atoms with E-state index in [4.69, 9.17) is 0 Å². The number of hydrogen-bond donors (Lipinski definition) is 1. The van der Waals surface area contributed by atoms with Crippen molar-refractivity contribution in [2.45, 2.75) is 46.0 Å². The van der Waals surface area contributed by atoms with E-state index in [2.05, 4.69) is 68.2 Å². The van der Waals surface area contributed by atoms with Crippen molar-refractivity contribution in [3.8, 4) is 0 Å². The average molecular weight is 303 g/mol. The molecule has 1 aromatic rings. The van der Waals surface area contributed by atoms with Crippen LogP contribution in [0.4, 0.5) is 0 Å². The highest BCUT2D eigenvalue weighted by Crippen LogP contribution is 2.31. The first kappa shape index (κ1) is 17.5. The van der Waals surface area contributed by atoms with Gasteiger partial charge in [-0.25, -0.2) is 0 Å². The van der Waals surface area contributed by atoms with Crippen molar-refractivity contribution in [1.82, 2.24) is 10.2 Å². The zero-order chi connectivity index (χ0) is 16.0. The van der Waals surface area contributed by atoms with E-state index in [0.29, 0.717) is 0 Å². The van der Waals surface area contributed by atoms with Gasteiger partial charge in [-0.1, -0.05) is 64.4 Å². The molecule has 0 bridgehead atoms. The van der Waals surface area contributed by atoms with E-state index in [-0.39, 0.29) is 5.41 Å². The van der Waals surface area contributed by atoms with Crippen molar-refractivity contribution in [1.29, 1.82) is 0 Å². The number of benzene rings is 1. The molecule has 0 spiro atoms. The molecule has 1 aromatic carbocycles. The second-order valence-electron chi connectivity index (χ2n) is 7.49. The van der Waals surface area contributed by atoms with Crippen molar-refractivity contribution in [2.24, 2.45) is 11.8 Å². The van der Waals surface area contributed by atoms with Gasteiger partial charge in [0.25, 0.3) is 0 Å². The highest BCUT2D eigenvalue weighted by molar-refractivity contribution is 5.25. The Hall–Kier alpha value is -0.860. The first-order valence-corrected chi connectivity index (χ1v) is 9.06. The normalized spacial score (nSPS) is 20.4. The maximum Gasteiger partial charge on any atom is 0.00520 e. The lowest BCUT2D eigenvalue weighted by Gasteiger charge is -2.40. The second kappa shape index (κ2) is 8.12. The number of nitrogens with zero attached hydrogens (tertiary/aromatic N) is 1. The molecular formula is C20H34N2. The predicted octanol–water partition coefficient (Wildman–Crippen LogP) is 3.92. The van der Waals surface area contributed by atoms with Gasteiger partial charge in [-0.2, -0.15) is 0 Å². The quantitative estimate of drug-likeness (QED) is 0.744. The lowest BCUT2D eigenvalue weighted by Crippen LogP contribution is -2.51. The van der Waals surface area contributed by atoms with Crippen molar-refractivity contribution in [3.63, 3.8) is 0 Å². The van der Waals surface area contributed by atoms with Gasteiger partial charge >= 0.3 is 0 Å². The Morgan fingerprint density at radius 3 is 2.50 bits per heavy atom. The summed E-state index contributed by atoms with van der Waals surface area (Å²) in [7, 11) is 0. The lowest BCUT2D eigenvalue weighted by molar-refractivity contribution is 0.105. The van der Waals surface area contributed by atoms with E-state index in [0.717, 1.165) is 18.4 Å². The van der Waals surface area contributed by atoms with Gasteiger partial charge in [0, 0.05) is 31.6 Å². The van der Waals surface area contributed by atoms with Crippen LogP contribution in [0.5, 0.6) is 0 Å². The van der Waals surface area contributed by atoms with Crippen LogP contribution in [0.15, 0.2) is 30.3 Å². The van der Waals surface area contributed by atoms with Crippen LogP contribution >= 0.6 is 0 Å². The van der Waals surface area contributed by atoms with Crippen LogP contribution in [0.2, 0.25) is 0 Å². The van der Waals surface area contributed by atoms with Crippen LogP contribution in [-0.2, 0) is 5.41 Å². The third kappa shape index (κ3) is 4.57. The molecule has 0 amide bonds. The number of hydrogen-bond acceptors (Lipinski definition) is 2. The van der Waals surface area contributed by atoms with E-state index in [9.17, 15) is 0 Å². The van der Waals surface area contributed by atoms with E-state index in [1.807, 2.05) is 0 Å². The molecule has 1 heterocycles. The van der Waals surface area contributed by atoms with Crippen molar-refractivity contribution >= 4 is 0 Å². The zero-order valence-corrected chi connectivity index (χ0v) is 14.9. The molecule has 2 nitrogen and oxygen atoms in total. The minimum absolute atomic E-state index is 0.241. The summed E-state index contributed by atoms with van der Waals surface area (Å²) >= 11 is 0. The fourth-order valence-electron chi connectivity index (χ4n) is 3.66. The summed E-state index contributed by atoms with van der Waals surface area (Å²) in [6, 6.07) is 11.1. The molecule has 1 unspecified atom stereocenters. The lowest BCUT2D eigenvalue weighted by atomic mass is 9.75. The monoisotopic (exact) mass is 302 g/mol. The Morgan fingerprint density at radius 2 is 1.91 bits per heavy atom. The Labute approximate surface area is 137 Å². The van der Waals surface area contributed by atoms with Crippen LogP contribution in [0.1, 0.15) is 46.1 Å².